The van der Waals surface area contributed by atoms with Gasteiger partial charge in [-0.1, -0.05) is 6.07 Å². The number of halogens is 2. The fourth-order valence-corrected chi connectivity index (χ4v) is 2.77. The minimum Gasteiger partial charge on any atom is -0.354 e. The quantitative estimate of drug-likeness (QED) is 0.598. The Morgan fingerprint density at radius 1 is 1.46 bits per heavy atom. The number of nitrogens with zero attached hydrogens (tertiary/aromatic N) is 3. The van der Waals surface area contributed by atoms with Crippen molar-refractivity contribution < 1.29 is 14.1 Å². The molecule has 0 aliphatic heterocycles. The number of benzene rings is 1. The van der Waals surface area contributed by atoms with Gasteiger partial charge in [0.1, 0.15) is 23.7 Å². The van der Waals surface area contributed by atoms with Gasteiger partial charge in [0.2, 0.25) is 5.91 Å². The Bertz CT molecular complexity index is 791. The second-order valence-corrected chi connectivity index (χ2v) is 6.14. The number of carbonyl (C=O) groups is 1. The Hall–Kier alpha value is -2.29. The van der Waals surface area contributed by atoms with Crippen LogP contribution in [0.25, 0.3) is 0 Å². The van der Waals surface area contributed by atoms with Crippen molar-refractivity contribution in [3.8, 4) is 0 Å². The van der Waals surface area contributed by atoms with Crippen LogP contribution < -0.4 is 5.32 Å². The van der Waals surface area contributed by atoms with E-state index < -0.39 is 4.92 Å². The van der Waals surface area contributed by atoms with E-state index in [1.54, 1.807) is 19.1 Å². The molecular formula is C15H16BrFN4O3. The van der Waals surface area contributed by atoms with Gasteiger partial charge in [-0.2, -0.15) is 5.10 Å². The van der Waals surface area contributed by atoms with Crippen LogP contribution in [-0.2, 0) is 17.8 Å². The zero-order valence-electron chi connectivity index (χ0n) is 13.2. The monoisotopic (exact) mass is 398 g/mol. The first kappa shape index (κ1) is 18.1. The Labute approximate surface area is 146 Å². The van der Waals surface area contributed by atoms with Crippen molar-refractivity contribution in [1.29, 1.82) is 0 Å². The first-order valence-electron chi connectivity index (χ1n) is 7.18. The topological polar surface area (TPSA) is 90.1 Å². The molecule has 0 radical (unpaired) electrons. The molecule has 24 heavy (non-hydrogen) atoms. The van der Waals surface area contributed by atoms with Crippen molar-refractivity contribution in [2.24, 2.45) is 0 Å². The maximum atomic E-state index is 13.1. The zero-order valence-corrected chi connectivity index (χ0v) is 14.8. The summed E-state index contributed by atoms with van der Waals surface area (Å²) in [7, 11) is 0. The molecule has 2 rings (SSSR count). The summed E-state index contributed by atoms with van der Waals surface area (Å²) in [6, 6.07) is 4.67. The van der Waals surface area contributed by atoms with Gasteiger partial charge in [-0.3, -0.25) is 19.6 Å². The predicted octanol–water partition coefficient (Wildman–Crippen LogP) is 2.67. The molecule has 0 unspecified atom stereocenters. The maximum Gasteiger partial charge on any atom is 0.312 e. The largest absolute Gasteiger partial charge is 0.354 e. The molecule has 0 aliphatic carbocycles. The molecule has 7 nitrogen and oxygen atoms in total. The van der Waals surface area contributed by atoms with Gasteiger partial charge in [0.25, 0.3) is 0 Å². The molecule has 0 bridgehead atoms. The van der Waals surface area contributed by atoms with Crippen molar-refractivity contribution in [1.82, 2.24) is 15.1 Å². The number of carbonyl (C=O) groups excluding carboxylic acids is 1. The molecule has 2 aromatic rings. The van der Waals surface area contributed by atoms with Crippen LogP contribution >= 0.6 is 15.9 Å². The Balaban J connectivity index is 1.91. The summed E-state index contributed by atoms with van der Waals surface area (Å²) in [5.41, 5.74) is 1.43. The molecule has 1 heterocycles. The average molecular weight is 399 g/mol. The molecule has 0 fully saturated rings. The molecule has 0 saturated carbocycles. The number of aryl methyl sites for hydroxylation is 1. The highest BCUT2D eigenvalue weighted by Crippen LogP contribution is 2.21. The zero-order chi connectivity index (χ0) is 17.9. The molecule has 0 atom stereocenters. The van der Waals surface area contributed by atoms with E-state index in [4.69, 9.17) is 0 Å². The van der Waals surface area contributed by atoms with Gasteiger partial charge >= 0.3 is 5.69 Å². The summed E-state index contributed by atoms with van der Waals surface area (Å²) in [5, 5.41) is 17.7. The van der Waals surface area contributed by atoms with Crippen LogP contribution in [-0.4, -0.2) is 27.2 Å². The number of aromatic nitrogens is 2. The molecule has 0 spiro atoms. The molecule has 0 saturated heterocycles. The summed E-state index contributed by atoms with van der Waals surface area (Å²) in [6.45, 7) is 3.37. The number of nitro groups is 1. The third-order valence-corrected chi connectivity index (χ3v) is 4.15. The van der Waals surface area contributed by atoms with Gasteiger partial charge in [-0.25, -0.2) is 4.39 Å². The standard InChI is InChI=1S/C15H16BrFN4O3/c1-9-15(21(23)24)10(2)20(19-9)8-14(22)18-6-5-11-3-4-13(17)12(16)7-11/h3-4,7H,5-6,8H2,1-2H3,(H,18,22). The van der Waals surface area contributed by atoms with Gasteiger partial charge < -0.3 is 5.32 Å². The molecule has 128 valence electrons. The Morgan fingerprint density at radius 2 is 2.17 bits per heavy atom. The van der Waals surface area contributed by atoms with Crippen molar-refractivity contribution in [3.05, 3.63) is 55.6 Å². The summed E-state index contributed by atoms with van der Waals surface area (Å²) in [5.74, 6) is -0.634. The maximum absolute atomic E-state index is 13.1. The lowest BCUT2D eigenvalue weighted by Crippen LogP contribution is -2.30. The molecule has 1 amide bonds. The smallest absolute Gasteiger partial charge is 0.312 e. The second-order valence-electron chi connectivity index (χ2n) is 5.28. The van der Waals surface area contributed by atoms with E-state index in [0.717, 1.165) is 5.56 Å². The molecule has 1 N–H and O–H groups in total. The Morgan fingerprint density at radius 3 is 2.75 bits per heavy atom. The van der Waals surface area contributed by atoms with Crippen LogP contribution in [0.2, 0.25) is 0 Å². The first-order valence-corrected chi connectivity index (χ1v) is 7.98. The van der Waals surface area contributed by atoms with Crippen molar-refractivity contribution >= 4 is 27.5 Å². The molecule has 1 aromatic heterocycles. The molecule has 1 aromatic carbocycles. The fourth-order valence-electron chi connectivity index (χ4n) is 2.34. The SMILES string of the molecule is Cc1nn(CC(=O)NCCc2ccc(F)c(Br)c2)c(C)c1[N+](=O)[O-]. The molecular weight excluding hydrogens is 383 g/mol. The van der Waals surface area contributed by atoms with E-state index in [-0.39, 0.29) is 29.7 Å². The lowest BCUT2D eigenvalue weighted by atomic mass is 10.1. The van der Waals surface area contributed by atoms with Crippen molar-refractivity contribution in [2.45, 2.75) is 26.8 Å². The third-order valence-electron chi connectivity index (χ3n) is 3.54. The van der Waals surface area contributed by atoms with Crippen LogP contribution in [0.5, 0.6) is 0 Å². The van der Waals surface area contributed by atoms with Gasteiger partial charge in [0, 0.05) is 6.54 Å². The van der Waals surface area contributed by atoms with Gasteiger partial charge in [0.05, 0.1) is 9.40 Å². The lowest BCUT2D eigenvalue weighted by molar-refractivity contribution is -0.386. The summed E-state index contributed by atoms with van der Waals surface area (Å²) >= 11 is 3.11. The summed E-state index contributed by atoms with van der Waals surface area (Å²) in [4.78, 5) is 22.4. The van der Waals surface area contributed by atoms with Crippen LogP contribution in [0, 0.1) is 29.8 Å². The van der Waals surface area contributed by atoms with E-state index in [2.05, 4.69) is 26.3 Å². The highest BCUT2D eigenvalue weighted by molar-refractivity contribution is 9.10. The third kappa shape index (κ3) is 4.16. The number of rotatable bonds is 6. The molecule has 0 aliphatic rings. The average Bonchev–Trinajstić information content (AvgIpc) is 2.77. The lowest BCUT2D eigenvalue weighted by Gasteiger charge is -2.07. The highest BCUT2D eigenvalue weighted by atomic mass is 79.9. The van der Waals surface area contributed by atoms with Crippen LogP contribution in [0.1, 0.15) is 17.0 Å². The predicted molar refractivity (Wildman–Crippen MR) is 89.2 cm³/mol. The van der Waals surface area contributed by atoms with E-state index in [0.29, 0.717) is 23.1 Å². The normalized spacial score (nSPS) is 10.7. The van der Waals surface area contributed by atoms with Gasteiger partial charge in [0.15, 0.2) is 0 Å². The minimum absolute atomic E-state index is 0.0704. The number of amides is 1. The first-order chi connectivity index (χ1) is 11.3. The summed E-state index contributed by atoms with van der Waals surface area (Å²) in [6.07, 6.45) is 0.544. The summed E-state index contributed by atoms with van der Waals surface area (Å²) < 4.78 is 14.8. The van der Waals surface area contributed by atoms with E-state index in [1.807, 2.05) is 0 Å². The van der Waals surface area contributed by atoms with Crippen molar-refractivity contribution in [2.75, 3.05) is 6.54 Å². The van der Waals surface area contributed by atoms with Crippen LogP contribution in [0.15, 0.2) is 22.7 Å². The second kappa shape index (κ2) is 7.52. The highest BCUT2D eigenvalue weighted by Gasteiger charge is 2.22. The van der Waals surface area contributed by atoms with E-state index in [1.165, 1.54) is 17.7 Å². The number of hydrogen-bond donors (Lipinski definition) is 1. The minimum atomic E-state index is -0.502. The fraction of sp³-hybridized carbons (Fsp3) is 0.333. The number of nitrogens with one attached hydrogen (secondary N) is 1. The number of hydrogen-bond acceptors (Lipinski definition) is 4. The van der Waals surface area contributed by atoms with E-state index >= 15 is 0 Å². The van der Waals surface area contributed by atoms with Crippen LogP contribution in [0.3, 0.4) is 0 Å². The van der Waals surface area contributed by atoms with Crippen molar-refractivity contribution in [3.63, 3.8) is 0 Å². The van der Waals surface area contributed by atoms with Crippen LogP contribution in [0.4, 0.5) is 10.1 Å². The van der Waals surface area contributed by atoms with Gasteiger partial charge in [-0.15, -0.1) is 0 Å². The van der Waals surface area contributed by atoms with E-state index in [9.17, 15) is 19.3 Å². The van der Waals surface area contributed by atoms with Gasteiger partial charge in [-0.05, 0) is 53.9 Å². The Kier molecular flexibility index (Phi) is 5.66. The molecule has 9 heteroatoms.